The predicted molar refractivity (Wildman–Crippen MR) is 92.1 cm³/mol. The van der Waals surface area contributed by atoms with Gasteiger partial charge >= 0.3 is 0 Å². The van der Waals surface area contributed by atoms with Gasteiger partial charge in [0.15, 0.2) is 0 Å². The Morgan fingerprint density at radius 1 is 1.18 bits per heavy atom. The molecule has 0 radical (unpaired) electrons. The lowest BCUT2D eigenvalue weighted by Crippen LogP contribution is -2.31. The number of carbonyl (C=O) groups excluding carboxylic acids is 1. The minimum absolute atomic E-state index is 0.0326. The summed E-state index contributed by atoms with van der Waals surface area (Å²) in [7, 11) is 0. The van der Waals surface area contributed by atoms with Crippen molar-refractivity contribution in [1.29, 1.82) is 0 Å². The second-order valence-electron chi connectivity index (χ2n) is 5.43. The molecule has 0 bridgehead atoms. The third-order valence-corrected chi connectivity index (χ3v) is 4.72. The number of rotatable bonds is 3. The number of amides is 1. The SMILES string of the molecule is CC(c1ccccc1)N1CC(=O)N(O)C1c1cccc(I)c1. The normalized spacial score (nSPS) is 20.4. The molecular formula is C17H17IN2O2. The third-order valence-electron chi connectivity index (χ3n) is 4.05. The lowest BCUT2D eigenvalue weighted by Gasteiger charge is -2.31. The molecule has 22 heavy (non-hydrogen) atoms. The summed E-state index contributed by atoms with van der Waals surface area (Å²) in [5.41, 5.74) is 2.05. The van der Waals surface area contributed by atoms with Gasteiger partial charge in [0.1, 0.15) is 6.17 Å². The van der Waals surface area contributed by atoms with Gasteiger partial charge in [-0.3, -0.25) is 14.9 Å². The van der Waals surface area contributed by atoms with E-state index in [0.29, 0.717) is 0 Å². The minimum Gasteiger partial charge on any atom is -0.284 e. The van der Waals surface area contributed by atoms with Gasteiger partial charge in [0.25, 0.3) is 5.91 Å². The Hall–Kier alpha value is -1.44. The van der Waals surface area contributed by atoms with Crippen LogP contribution in [0.3, 0.4) is 0 Å². The second-order valence-corrected chi connectivity index (χ2v) is 6.67. The Kier molecular flexibility index (Phi) is 4.46. The van der Waals surface area contributed by atoms with Crippen molar-refractivity contribution >= 4 is 28.5 Å². The topological polar surface area (TPSA) is 43.8 Å². The molecule has 1 N–H and O–H groups in total. The molecule has 1 saturated heterocycles. The third kappa shape index (κ3) is 2.88. The second kappa shape index (κ2) is 6.36. The number of hydroxylamine groups is 2. The lowest BCUT2D eigenvalue weighted by atomic mass is 10.1. The summed E-state index contributed by atoms with van der Waals surface area (Å²) in [5, 5.41) is 11.1. The molecule has 2 unspecified atom stereocenters. The van der Waals surface area contributed by atoms with Crippen molar-refractivity contribution in [2.45, 2.75) is 19.1 Å². The molecule has 1 amide bonds. The number of hydrogen-bond acceptors (Lipinski definition) is 3. The first-order chi connectivity index (χ1) is 10.6. The zero-order valence-corrected chi connectivity index (χ0v) is 14.3. The number of halogens is 1. The quantitative estimate of drug-likeness (QED) is 0.624. The van der Waals surface area contributed by atoms with Crippen LogP contribution in [0.4, 0.5) is 0 Å². The predicted octanol–water partition coefficient (Wildman–Crippen LogP) is 3.58. The molecule has 2 atom stereocenters. The minimum atomic E-state index is -0.447. The maximum atomic E-state index is 12.0. The van der Waals surface area contributed by atoms with Crippen LogP contribution in [-0.4, -0.2) is 27.6 Å². The first-order valence-corrected chi connectivity index (χ1v) is 8.23. The average Bonchev–Trinajstić information content (AvgIpc) is 2.83. The molecule has 1 aliphatic heterocycles. The van der Waals surface area contributed by atoms with E-state index in [1.165, 1.54) is 0 Å². The highest BCUT2D eigenvalue weighted by molar-refractivity contribution is 14.1. The fraction of sp³-hybridized carbons (Fsp3) is 0.235. The zero-order chi connectivity index (χ0) is 15.7. The largest absolute Gasteiger partial charge is 0.284 e. The van der Waals surface area contributed by atoms with E-state index in [0.717, 1.165) is 19.8 Å². The van der Waals surface area contributed by atoms with Crippen molar-refractivity contribution in [3.05, 3.63) is 69.3 Å². The molecule has 3 rings (SSSR count). The smallest absolute Gasteiger partial charge is 0.262 e. The van der Waals surface area contributed by atoms with E-state index in [1.807, 2.05) is 59.5 Å². The molecule has 2 aromatic rings. The summed E-state index contributed by atoms with van der Waals surface area (Å²) in [6.45, 7) is 2.27. The van der Waals surface area contributed by atoms with E-state index in [2.05, 4.69) is 29.5 Å². The van der Waals surface area contributed by atoms with E-state index in [9.17, 15) is 10.0 Å². The molecule has 114 valence electrons. The summed E-state index contributed by atoms with van der Waals surface area (Å²) in [6, 6.07) is 17.9. The van der Waals surface area contributed by atoms with Crippen LogP contribution < -0.4 is 0 Å². The number of carbonyl (C=O) groups is 1. The monoisotopic (exact) mass is 408 g/mol. The molecule has 2 aromatic carbocycles. The van der Waals surface area contributed by atoms with Gasteiger partial charge in [0.05, 0.1) is 6.54 Å². The van der Waals surface area contributed by atoms with Crippen LogP contribution >= 0.6 is 22.6 Å². The van der Waals surface area contributed by atoms with E-state index in [-0.39, 0.29) is 18.5 Å². The molecule has 0 saturated carbocycles. The van der Waals surface area contributed by atoms with Crippen molar-refractivity contribution < 1.29 is 10.0 Å². The fourth-order valence-electron chi connectivity index (χ4n) is 2.86. The van der Waals surface area contributed by atoms with Gasteiger partial charge in [-0.1, -0.05) is 42.5 Å². The molecule has 5 heteroatoms. The van der Waals surface area contributed by atoms with Crippen molar-refractivity contribution in [2.24, 2.45) is 0 Å². The van der Waals surface area contributed by atoms with Gasteiger partial charge < -0.3 is 0 Å². The molecule has 4 nitrogen and oxygen atoms in total. The maximum absolute atomic E-state index is 12.0. The van der Waals surface area contributed by atoms with Crippen LogP contribution in [0.5, 0.6) is 0 Å². The summed E-state index contributed by atoms with van der Waals surface area (Å²) >= 11 is 2.24. The summed E-state index contributed by atoms with van der Waals surface area (Å²) in [4.78, 5) is 14.0. The molecule has 0 spiro atoms. The summed E-state index contributed by atoms with van der Waals surface area (Å²) in [6.07, 6.45) is -0.447. The Morgan fingerprint density at radius 2 is 1.91 bits per heavy atom. The molecular weight excluding hydrogens is 391 g/mol. The summed E-state index contributed by atoms with van der Waals surface area (Å²) < 4.78 is 1.08. The Balaban J connectivity index is 1.97. The summed E-state index contributed by atoms with van der Waals surface area (Å²) in [5.74, 6) is -0.272. The number of hydrogen-bond donors (Lipinski definition) is 1. The first-order valence-electron chi connectivity index (χ1n) is 7.15. The zero-order valence-electron chi connectivity index (χ0n) is 12.2. The van der Waals surface area contributed by atoms with Gasteiger partial charge in [0.2, 0.25) is 0 Å². The first kappa shape index (κ1) is 15.5. The van der Waals surface area contributed by atoms with Crippen molar-refractivity contribution in [3.63, 3.8) is 0 Å². The van der Waals surface area contributed by atoms with E-state index in [4.69, 9.17) is 0 Å². The number of benzene rings is 2. The van der Waals surface area contributed by atoms with Crippen LogP contribution in [0.2, 0.25) is 0 Å². The highest BCUT2D eigenvalue weighted by atomic mass is 127. The Labute approximate surface area is 143 Å². The molecule has 1 fully saturated rings. The van der Waals surface area contributed by atoms with Crippen molar-refractivity contribution in [1.82, 2.24) is 9.96 Å². The van der Waals surface area contributed by atoms with Crippen molar-refractivity contribution in [3.8, 4) is 0 Å². The van der Waals surface area contributed by atoms with Gasteiger partial charge in [-0.2, -0.15) is 0 Å². The van der Waals surface area contributed by atoms with Crippen molar-refractivity contribution in [2.75, 3.05) is 6.54 Å². The van der Waals surface area contributed by atoms with E-state index in [1.54, 1.807) is 0 Å². The maximum Gasteiger partial charge on any atom is 0.262 e. The van der Waals surface area contributed by atoms with Crippen LogP contribution in [0.25, 0.3) is 0 Å². The Bertz CT molecular complexity index is 677. The average molecular weight is 408 g/mol. The van der Waals surface area contributed by atoms with Crippen LogP contribution in [-0.2, 0) is 4.79 Å². The van der Waals surface area contributed by atoms with E-state index < -0.39 is 6.17 Å². The molecule has 1 aliphatic rings. The van der Waals surface area contributed by atoms with Gasteiger partial charge in [-0.25, -0.2) is 5.06 Å². The van der Waals surface area contributed by atoms with Gasteiger partial charge in [0, 0.05) is 9.61 Å². The van der Waals surface area contributed by atoms with Gasteiger partial charge in [-0.15, -0.1) is 0 Å². The standard InChI is InChI=1S/C17H17IN2O2/c1-12(13-6-3-2-4-7-13)19-11-16(21)20(22)17(19)14-8-5-9-15(18)10-14/h2-10,12,17,22H,11H2,1H3. The molecule has 0 aromatic heterocycles. The van der Waals surface area contributed by atoms with Crippen LogP contribution in [0.1, 0.15) is 30.3 Å². The molecule has 1 heterocycles. The lowest BCUT2D eigenvalue weighted by molar-refractivity contribution is -0.171. The Morgan fingerprint density at radius 3 is 2.59 bits per heavy atom. The van der Waals surface area contributed by atoms with E-state index >= 15 is 0 Å². The highest BCUT2D eigenvalue weighted by Crippen LogP contribution is 2.36. The fourth-order valence-corrected chi connectivity index (χ4v) is 3.43. The highest BCUT2D eigenvalue weighted by Gasteiger charge is 2.41. The van der Waals surface area contributed by atoms with Crippen LogP contribution in [0, 0.1) is 3.57 Å². The van der Waals surface area contributed by atoms with Gasteiger partial charge in [-0.05, 0) is 52.8 Å². The molecule has 0 aliphatic carbocycles. The number of nitrogens with zero attached hydrogens (tertiary/aromatic N) is 2. The van der Waals surface area contributed by atoms with Crippen LogP contribution in [0.15, 0.2) is 54.6 Å².